The number of nitrogens with one attached hydrogen (secondary N) is 2. The van der Waals surface area contributed by atoms with Gasteiger partial charge in [-0.05, 0) is 30.9 Å². The Kier molecular flexibility index (Phi) is 3.71. The maximum atomic E-state index is 13.4. The van der Waals surface area contributed by atoms with E-state index in [-0.39, 0.29) is 5.82 Å². The predicted octanol–water partition coefficient (Wildman–Crippen LogP) is 2.24. The van der Waals surface area contributed by atoms with E-state index in [4.69, 9.17) is 0 Å². The van der Waals surface area contributed by atoms with Crippen molar-refractivity contribution >= 4 is 11.8 Å². The summed E-state index contributed by atoms with van der Waals surface area (Å²) in [7, 11) is 0. The van der Waals surface area contributed by atoms with Crippen LogP contribution < -0.4 is 10.6 Å². The molecule has 2 aromatic rings. The van der Waals surface area contributed by atoms with Gasteiger partial charge in [0.05, 0.1) is 6.20 Å². The van der Waals surface area contributed by atoms with E-state index in [0.29, 0.717) is 30.5 Å². The van der Waals surface area contributed by atoms with Crippen LogP contribution in [0.1, 0.15) is 18.4 Å². The molecule has 1 aliphatic rings. The highest BCUT2D eigenvalue weighted by atomic mass is 19.1. The zero-order valence-electron chi connectivity index (χ0n) is 11.0. The summed E-state index contributed by atoms with van der Waals surface area (Å²) in [4.78, 5) is 4.32. The molecule has 1 aromatic carbocycles. The highest BCUT2D eigenvalue weighted by Crippen LogP contribution is 2.23. The zero-order valence-corrected chi connectivity index (χ0v) is 11.0. The van der Waals surface area contributed by atoms with Crippen molar-refractivity contribution in [1.29, 1.82) is 0 Å². The van der Waals surface area contributed by atoms with E-state index in [1.165, 1.54) is 18.9 Å². The van der Waals surface area contributed by atoms with E-state index in [2.05, 4.69) is 25.8 Å². The number of hydrogen-bond donors (Lipinski definition) is 2. The summed E-state index contributed by atoms with van der Waals surface area (Å²) in [5, 5.41) is 14.1. The van der Waals surface area contributed by atoms with Gasteiger partial charge < -0.3 is 10.6 Å². The third-order valence-electron chi connectivity index (χ3n) is 3.12. The SMILES string of the molecule is Fc1ccccc1CCNc1nncc(NC2CC2)n1. The summed E-state index contributed by atoms with van der Waals surface area (Å²) in [6.45, 7) is 0.565. The van der Waals surface area contributed by atoms with Gasteiger partial charge in [0.15, 0.2) is 5.82 Å². The van der Waals surface area contributed by atoms with Gasteiger partial charge in [-0.1, -0.05) is 18.2 Å². The molecule has 1 aliphatic carbocycles. The van der Waals surface area contributed by atoms with Crippen molar-refractivity contribution in [2.45, 2.75) is 25.3 Å². The summed E-state index contributed by atoms with van der Waals surface area (Å²) in [5.41, 5.74) is 0.681. The molecule has 2 N–H and O–H groups in total. The van der Waals surface area contributed by atoms with Crippen molar-refractivity contribution in [3.63, 3.8) is 0 Å². The minimum Gasteiger partial charge on any atom is -0.366 e. The summed E-state index contributed by atoms with van der Waals surface area (Å²) < 4.78 is 13.4. The Bertz CT molecular complexity index is 585. The third-order valence-corrected chi connectivity index (χ3v) is 3.12. The minimum atomic E-state index is -0.183. The molecule has 0 radical (unpaired) electrons. The Morgan fingerprint density at radius 3 is 2.90 bits per heavy atom. The molecule has 104 valence electrons. The first kappa shape index (κ1) is 12.8. The third kappa shape index (κ3) is 3.40. The highest BCUT2D eigenvalue weighted by Gasteiger charge is 2.21. The van der Waals surface area contributed by atoms with Crippen molar-refractivity contribution in [3.8, 4) is 0 Å². The van der Waals surface area contributed by atoms with E-state index >= 15 is 0 Å². The first-order chi connectivity index (χ1) is 9.81. The molecule has 3 rings (SSSR count). The lowest BCUT2D eigenvalue weighted by Gasteiger charge is -2.07. The van der Waals surface area contributed by atoms with Crippen LogP contribution in [0.4, 0.5) is 16.2 Å². The summed E-state index contributed by atoms with van der Waals surface area (Å²) in [6, 6.07) is 7.29. The van der Waals surface area contributed by atoms with E-state index in [0.717, 1.165) is 5.82 Å². The van der Waals surface area contributed by atoms with E-state index < -0.39 is 0 Å². The molecular formula is C14H16FN5. The van der Waals surface area contributed by atoms with Crippen molar-refractivity contribution in [2.24, 2.45) is 0 Å². The van der Waals surface area contributed by atoms with Crippen LogP contribution in [-0.4, -0.2) is 27.8 Å². The second-order valence-electron chi connectivity index (χ2n) is 4.85. The Labute approximate surface area is 116 Å². The maximum Gasteiger partial charge on any atom is 0.244 e. The van der Waals surface area contributed by atoms with Gasteiger partial charge >= 0.3 is 0 Å². The lowest BCUT2D eigenvalue weighted by Crippen LogP contribution is -2.11. The average molecular weight is 273 g/mol. The van der Waals surface area contributed by atoms with Crippen LogP contribution in [0, 0.1) is 5.82 Å². The second-order valence-corrected chi connectivity index (χ2v) is 4.85. The van der Waals surface area contributed by atoms with Gasteiger partial charge in [0.25, 0.3) is 0 Å². The average Bonchev–Trinajstić information content (AvgIpc) is 3.25. The summed E-state index contributed by atoms with van der Waals surface area (Å²) >= 11 is 0. The molecule has 0 unspecified atom stereocenters. The number of aromatic nitrogens is 3. The van der Waals surface area contributed by atoms with Crippen LogP contribution in [0.15, 0.2) is 30.5 Å². The summed E-state index contributed by atoms with van der Waals surface area (Å²) in [5.74, 6) is 1.01. The van der Waals surface area contributed by atoms with Gasteiger partial charge in [-0.25, -0.2) is 4.39 Å². The number of nitrogens with zero attached hydrogens (tertiary/aromatic N) is 3. The van der Waals surface area contributed by atoms with Crippen LogP contribution in [0.5, 0.6) is 0 Å². The normalized spacial score (nSPS) is 14.1. The van der Waals surface area contributed by atoms with Crippen LogP contribution in [0.25, 0.3) is 0 Å². The first-order valence-electron chi connectivity index (χ1n) is 6.75. The molecule has 6 heteroatoms. The molecule has 1 fully saturated rings. The monoisotopic (exact) mass is 273 g/mol. The highest BCUT2D eigenvalue weighted by molar-refractivity contribution is 5.39. The van der Waals surface area contributed by atoms with Crippen molar-refractivity contribution in [3.05, 3.63) is 41.8 Å². The fraction of sp³-hybridized carbons (Fsp3) is 0.357. The van der Waals surface area contributed by atoms with Crippen molar-refractivity contribution in [2.75, 3.05) is 17.2 Å². The largest absolute Gasteiger partial charge is 0.366 e. The fourth-order valence-corrected chi connectivity index (χ4v) is 1.89. The smallest absolute Gasteiger partial charge is 0.244 e. The number of rotatable bonds is 6. The number of hydrogen-bond acceptors (Lipinski definition) is 5. The van der Waals surface area contributed by atoms with Gasteiger partial charge in [-0.2, -0.15) is 10.1 Å². The molecule has 0 atom stereocenters. The van der Waals surface area contributed by atoms with Gasteiger partial charge in [0.1, 0.15) is 5.82 Å². The number of halogens is 1. The summed E-state index contributed by atoms with van der Waals surface area (Å²) in [6.07, 6.45) is 4.55. The predicted molar refractivity (Wildman–Crippen MR) is 75.1 cm³/mol. The number of benzene rings is 1. The van der Waals surface area contributed by atoms with Crippen LogP contribution in [-0.2, 0) is 6.42 Å². The Morgan fingerprint density at radius 1 is 1.25 bits per heavy atom. The molecule has 0 aliphatic heterocycles. The van der Waals surface area contributed by atoms with E-state index in [9.17, 15) is 4.39 Å². The molecule has 20 heavy (non-hydrogen) atoms. The van der Waals surface area contributed by atoms with Gasteiger partial charge in [0.2, 0.25) is 5.95 Å². The van der Waals surface area contributed by atoms with Crippen LogP contribution in [0.2, 0.25) is 0 Å². The first-order valence-corrected chi connectivity index (χ1v) is 6.75. The lowest BCUT2D eigenvalue weighted by atomic mass is 10.1. The molecule has 5 nitrogen and oxygen atoms in total. The molecule has 0 spiro atoms. The second kappa shape index (κ2) is 5.81. The van der Waals surface area contributed by atoms with Crippen molar-refractivity contribution in [1.82, 2.24) is 15.2 Å². The topological polar surface area (TPSA) is 62.7 Å². The Balaban J connectivity index is 1.54. The van der Waals surface area contributed by atoms with Crippen LogP contribution in [0.3, 0.4) is 0 Å². The zero-order chi connectivity index (χ0) is 13.8. The Morgan fingerprint density at radius 2 is 2.10 bits per heavy atom. The molecule has 1 aromatic heterocycles. The van der Waals surface area contributed by atoms with Crippen molar-refractivity contribution < 1.29 is 4.39 Å². The molecule has 0 saturated heterocycles. The fourth-order valence-electron chi connectivity index (χ4n) is 1.89. The van der Waals surface area contributed by atoms with Gasteiger partial charge in [-0.15, -0.1) is 5.10 Å². The van der Waals surface area contributed by atoms with Gasteiger partial charge in [0, 0.05) is 12.6 Å². The molecule has 0 bridgehead atoms. The minimum absolute atomic E-state index is 0.183. The Hall–Kier alpha value is -2.24. The molecule has 0 amide bonds. The molecular weight excluding hydrogens is 257 g/mol. The molecule has 1 heterocycles. The van der Waals surface area contributed by atoms with E-state index in [1.807, 2.05) is 6.07 Å². The quantitative estimate of drug-likeness (QED) is 0.845. The van der Waals surface area contributed by atoms with Gasteiger partial charge in [-0.3, -0.25) is 0 Å². The number of anilines is 2. The van der Waals surface area contributed by atoms with Crippen LogP contribution >= 0.6 is 0 Å². The van der Waals surface area contributed by atoms with E-state index in [1.54, 1.807) is 18.3 Å². The molecule has 1 saturated carbocycles. The lowest BCUT2D eigenvalue weighted by molar-refractivity contribution is 0.610. The maximum absolute atomic E-state index is 13.4. The standard InChI is InChI=1S/C14H16FN5/c15-12-4-2-1-3-10(12)7-8-16-14-19-13(9-17-20-14)18-11-5-6-11/h1-4,9,11H,5-8H2,(H2,16,18,19,20).